The van der Waals surface area contributed by atoms with Crippen LogP contribution in [0.5, 0.6) is 0 Å². The molecule has 0 aromatic heterocycles. The molecular formula is C20H37NO15. The van der Waals surface area contributed by atoms with Gasteiger partial charge < -0.3 is 80.1 Å². The molecule has 3 aliphatic heterocycles. The Hall–Kier alpha value is -0.640. The third kappa shape index (κ3) is 6.67. The zero-order valence-electron chi connectivity index (χ0n) is 19.4. The molecule has 0 radical (unpaired) electrons. The Morgan fingerprint density at radius 3 is 1.97 bits per heavy atom. The molecule has 36 heavy (non-hydrogen) atoms. The highest BCUT2D eigenvalue weighted by Crippen LogP contribution is 2.30. The summed E-state index contributed by atoms with van der Waals surface area (Å²) < 4.78 is 32.7. The number of aliphatic hydroxyl groups is 9. The van der Waals surface area contributed by atoms with E-state index in [0.29, 0.717) is 0 Å². The maximum atomic E-state index is 10.9. The molecule has 0 bridgehead atoms. The van der Waals surface area contributed by atoms with Crippen molar-refractivity contribution in [2.24, 2.45) is 5.73 Å². The van der Waals surface area contributed by atoms with E-state index in [1.165, 1.54) is 0 Å². The summed E-state index contributed by atoms with van der Waals surface area (Å²) in [6, 6.07) is 0. The van der Waals surface area contributed by atoms with Gasteiger partial charge in [-0.3, -0.25) is 0 Å². The largest absolute Gasteiger partial charge is 0.394 e. The fraction of sp³-hybridized carbons (Fsp3) is 1.00. The van der Waals surface area contributed by atoms with Crippen LogP contribution in [0.3, 0.4) is 0 Å². The van der Waals surface area contributed by atoms with Gasteiger partial charge in [0.2, 0.25) is 0 Å². The van der Waals surface area contributed by atoms with Crippen LogP contribution in [0.25, 0.3) is 0 Å². The molecule has 11 N–H and O–H groups in total. The molecular weight excluding hydrogens is 494 g/mol. The average molecular weight is 532 g/mol. The van der Waals surface area contributed by atoms with Crippen molar-refractivity contribution in [2.75, 3.05) is 33.0 Å². The highest BCUT2D eigenvalue weighted by atomic mass is 16.7. The van der Waals surface area contributed by atoms with E-state index in [9.17, 15) is 46.0 Å². The van der Waals surface area contributed by atoms with Crippen molar-refractivity contribution in [1.82, 2.24) is 0 Å². The Morgan fingerprint density at radius 1 is 0.667 bits per heavy atom. The van der Waals surface area contributed by atoms with Gasteiger partial charge in [-0.05, 0) is 0 Å². The second-order valence-electron chi connectivity index (χ2n) is 8.92. The first kappa shape index (κ1) is 29.9. The lowest BCUT2D eigenvalue weighted by Gasteiger charge is -2.46. The van der Waals surface area contributed by atoms with E-state index >= 15 is 0 Å². The first-order chi connectivity index (χ1) is 17.1. The van der Waals surface area contributed by atoms with Gasteiger partial charge in [0.15, 0.2) is 18.9 Å². The number of hydrogen-bond acceptors (Lipinski definition) is 16. The molecule has 3 rings (SSSR count). The van der Waals surface area contributed by atoms with Crippen LogP contribution in [0.2, 0.25) is 0 Å². The Labute approximate surface area is 206 Å². The molecule has 0 unspecified atom stereocenters. The second kappa shape index (κ2) is 13.4. The normalized spacial score (nSPS) is 48.2. The molecule has 0 aromatic carbocycles. The van der Waals surface area contributed by atoms with Crippen LogP contribution in [0.15, 0.2) is 0 Å². The van der Waals surface area contributed by atoms with Crippen LogP contribution in [-0.4, -0.2) is 165 Å². The fourth-order valence-corrected chi connectivity index (χ4v) is 4.22. The molecule has 3 fully saturated rings. The van der Waals surface area contributed by atoms with Crippen molar-refractivity contribution < 1.29 is 74.4 Å². The zero-order chi connectivity index (χ0) is 26.6. The van der Waals surface area contributed by atoms with Crippen LogP contribution in [0.1, 0.15) is 6.42 Å². The van der Waals surface area contributed by atoms with Crippen LogP contribution >= 0.6 is 0 Å². The number of aliphatic hydroxyl groups excluding tert-OH is 9. The minimum absolute atomic E-state index is 0.0430. The fourth-order valence-electron chi connectivity index (χ4n) is 4.22. The molecule has 0 amide bonds. The van der Waals surface area contributed by atoms with Gasteiger partial charge in [0.05, 0.1) is 38.6 Å². The number of rotatable bonds is 10. The smallest absolute Gasteiger partial charge is 0.186 e. The first-order valence-corrected chi connectivity index (χ1v) is 11.7. The summed E-state index contributed by atoms with van der Waals surface area (Å²) in [5.74, 6) is 0. The van der Waals surface area contributed by atoms with Gasteiger partial charge >= 0.3 is 0 Å². The monoisotopic (exact) mass is 531 g/mol. The number of nitrogens with two attached hydrogens (primary N) is 1. The topological polar surface area (TPSA) is 263 Å². The highest BCUT2D eigenvalue weighted by Gasteiger charge is 2.50. The Bertz CT molecular complexity index is 661. The summed E-state index contributed by atoms with van der Waals surface area (Å²) in [5, 5.41) is 90.6. The van der Waals surface area contributed by atoms with Crippen LogP contribution in [0, 0.1) is 0 Å². The summed E-state index contributed by atoms with van der Waals surface area (Å²) >= 11 is 0. The molecule has 16 heteroatoms. The summed E-state index contributed by atoms with van der Waals surface area (Å²) in [6.07, 6.45) is -20.5. The van der Waals surface area contributed by atoms with E-state index in [1.807, 2.05) is 0 Å². The minimum Gasteiger partial charge on any atom is -0.394 e. The lowest BCUT2D eigenvalue weighted by atomic mass is 9.97. The average Bonchev–Trinajstić information content (AvgIpc) is 2.87. The lowest BCUT2D eigenvalue weighted by molar-refractivity contribution is -0.359. The molecule has 3 heterocycles. The molecule has 0 saturated carbocycles. The maximum absolute atomic E-state index is 10.9. The predicted octanol–water partition coefficient (Wildman–Crippen LogP) is -6.56. The lowest BCUT2D eigenvalue weighted by Crippen LogP contribution is -2.64. The van der Waals surface area contributed by atoms with Crippen molar-refractivity contribution >= 4 is 0 Å². The third-order valence-corrected chi connectivity index (χ3v) is 6.31. The second-order valence-corrected chi connectivity index (χ2v) is 8.92. The molecule has 212 valence electrons. The molecule has 0 aliphatic carbocycles. The van der Waals surface area contributed by atoms with Crippen LogP contribution < -0.4 is 5.73 Å². The molecule has 0 aromatic rings. The van der Waals surface area contributed by atoms with E-state index in [0.717, 1.165) is 0 Å². The molecule has 3 saturated heterocycles. The maximum Gasteiger partial charge on any atom is 0.186 e. The molecule has 16 nitrogen and oxygen atoms in total. The van der Waals surface area contributed by atoms with Crippen LogP contribution in [0.4, 0.5) is 0 Å². The van der Waals surface area contributed by atoms with E-state index in [2.05, 4.69) is 0 Å². The van der Waals surface area contributed by atoms with Crippen molar-refractivity contribution in [3.05, 3.63) is 0 Å². The quantitative estimate of drug-likeness (QED) is 0.126. The van der Waals surface area contributed by atoms with Gasteiger partial charge in [-0.1, -0.05) is 0 Å². The SMILES string of the molecule is NCCO[C@H]1O[C@H](CO[C@H]2O[C@H](CO)[C@@H](O)[C@H](O)[C@@H]2O)[C@@H](O)[C@H](O[C@H]2O[C@H](CO)C[C@H](O)[C@@H]2O)[C@@H]1O. The standard InChI is InChI=1S/C20H37NO15/c21-1-2-31-19-16(30)17(36-20-11(25)8(24)3-7(4-22)33-20)13(27)10(35-19)6-32-18-15(29)14(28)12(26)9(5-23)34-18/h7-20,22-30H,1-6,21H2/t7-,8-,9+,10+,11-,12+,13+,14-,15-,16-,17-,18-,19-,20+/m0/s1. The molecule has 3 aliphatic rings. The summed E-state index contributed by atoms with van der Waals surface area (Å²) in [4.78, 5) is 0. The first-order valence-electron chi connectivity index (χ1n) is 11.7. The number of ether oxygens (including phenoxy) is 6. The van der Waals surface area contributed by atoms with Crippen LogP contribution in [-0.2, 0) is 28.4 Å². The summed E-state index contributed by atoms with van der Waals surface area (Å²) in [6.45, 7) is -1.62. The van der Waals surface area contributed by atoms with Gasteiger partial charge in [-0.15, -0.1) is 0 Å². The zero-order valence-corrected chi connectivity index (χ0v) is 19.4. The van der Waals surface area contributed by atoms with Gasteiger partial charge in [0.25, 0.3) is 0 Å². The van der Waals surface area contributed by atoms with Gasteiger partial charge in [0, 0.05) is 13.0 Å². The van der Waals surface area contributed by atoms with E-state index in [1.54, 1.807) is 0 Å². The van der Waals surface area contributed by atoms with Crippen molar-refractivity contribution in [2.45, 2.75) is 92.4 Å². The van der Waals surface area contributed by atoms with E-state index < -0.39 is 106 Å². The Balaban J connectivity index is 1.71. The van der Waals surface area contributed by atoms with Gasteiger partial charge in [-0.25, -0.2) is 0 Å². The Kier molecular flexibility index (Phi) is 11.2. The minimum atomic E-state index is -1.70. The highest BCUT2D eigenvalue weighted by molar-refractivity contribution is 4.93. The third-order valence-electron chi connectivity index (χ3n) is 6.31. The predicted molar refractivity (Wildman–Crippen MR) is 113 cm³/mol. The van der Waals surface area contributed by atoms with Crippen molar-refractivity contribution in [3.63, 3.8) is 0 Å². The van der Waals surface area contributed by atoms with Crippen molar-refractivity contribution in [1.29, 1.82) is 0 Å². The van der Waals surface area contributed by atoms with Crippen molar-refractivity contribution in [3.8, 4) is 0 Å². The van der Waals surface area contributed by atoms with E-state index in [4.69, 9.17) is 34.2 Å². The summed E-state index contributed by atoms with van der Waals surface area (Å²) in [5.41, 5.74) is 5.44. The van der Waals surface area contributed by atoms with Gasteiger partial charge in [0.1, 0.15) is 54.9 Å². The summed E-state index contributed by atoms with van der Waals surface area (Å²) in [7, 11) is 0. The number of hydrogen-bond donors (Lipinski definition) is 10. The van der Waals surface area contributed by atoms with Gasteiger partial charge in [-0.2, -0.15) is 0 Å². The molecule has 14 atom stereocenters. The molecule has 0 spiro atoms. The Morgan fingerprint density at radius 2 is 1.33 bits per heavy atom. The van der Waals surface area contributed by atoms with E-state index in [-0.39, 0.29) is 19.6 Å².